The first-order valence-electron chi connectivity index (χ1n) is 21.8. The number of benzene rings is 5. The Morgan fingerprint density at radius 3 is 1.24 bits per heavy atom. The van der Waals surface area contributed by atoms with Crippen molar-refractivity contribution in [3.8, 4) is 0 Å². The summed E-state index contributed by atoms with van der Waals surface area (Å²) >= 11 is 0. The fraction of sp³-hybridized carbons (Fsp3) is 0.455. The van der Waals surface area contributed by atoms with E-state index in [1.54, 1.807) is 0 Å². The first kappa shape index (κ1) is 49.1. The zero-order valence-electron chi connectivity index (χ0n) is 38.2. The van der Waals surface area contributed by atoms with Crippen LogP contribution < -0.4 is 0 Å². The van der Waals surface area contributed by atoms with Gasteiger partial charge in [0, 0.05) is 0 Å². The first-order chi connectivity index (χ1) is 26.4. The Bertz CT molecular complexity index is 1750. The second-order valence-electron chi connectivity index (χ2n) is 14.8. The van der Waals surface area contributed by atoms with E-state index >= 15 is 0 Å². The highest BCUT2D eigenvalue weighted by Gasteiger charge is 2.01. The van der Waals surface area contributed by atoms with Crippen molar-refractivity contribution in [1.29, 1.82) is 0 Å². The van der Waals surface area contributed by atoms with Gasteiger partial charge in [-0.25, -0.2) is 0 Å². The second-order valence-corrected chi connectivity index (χ2v) is 14.8. The highest BCUT2D eigenvalue weighted by Crippen LogP contribution is 2.17. The molecular weight excluding hydrogens is 661 g/mol. The smallest absolute Gasteiger partial charge is 0.0302 e. The number of hydrogen-bond acceptors (Lipinski definition) is 0. The molecule has 0 saturated heterocycles. The monoisotopic (exact) mass is 741 g/mol. The van der Waals surface area contributed by atoms with Crippen LogP contribution in [-0.2, 0) is 64.2 Å². The van der Waals surface area contributed by atoms with E-state index in [1.807, 2.05) is 0 Å². The summed E-state index contributed by atoms with van der Waals surface area (Å²) in [6.45, 7) is 33.0. The first-order valence-corrected chi connectivity index (χ1v) is 21.8. The van der Waals surface area contributed by atoms with Crippen LogP contribution in [0.15, 0.2) is 91.0 Å². The van der Waals surface area contributed by atoms with E-state index in [-0.39, 0.29) is 0 Å². The van der Waals surface area contributed by atoms with Crippen LogP contribution in [0, 0.1) is 34.6 Å². The predicted octanol–water partition coefficient (Wildman–Crippen LogP) is 15.6. The van der Waals surface area contributed by atoms with Gasteiger partial charge in [0.15, 0.2) is 0 Å². The van der Waals surface area contributed by atoms with Crippen molar-refractivity contribution in [2.24, 2.45) is 0 Å². The molecule has 300 valence electrons. The molecule has 0 saturated carbocycles. The summed E-state index contributed by atoms with van der Waals surface area (Å²) < 4.78 is 0. The lowest BCUT2D eigenvalue weighted by molar-refractivity contribution is 1.02. The third-order valence-corrected chi connectivity index (χ3v) is 10.9. The lowest BCUT2D eigenvalue weighted by atomic mass is 9.98. The lowest BCUT2D eigenvalue weighted by Gasteiger charge is -2.07. The van der Waals surface area contributed by atoms with Gasteiger partial charge in [-0.2, -0.15) is 0 Å². The fourth-order valence-corrected chi connectivity index (χ4v) is 7.21. The summed E-state index contributed by atoms with van der Waals surface area (Å²) in [6, 6.07) is 33.5. The topological polar surface area (TPSA) is 0 Å². The number of aryl methyl sites for hydroxylation is 13. The molecule has 0 heteroatoms. The summed E-state index contributed by atoms with van der Waals surface area (Å²) in [4.78, 5) is 0. The molecule has 0 heterocycles. The summed E-state index contributed by atoms with van der Waals surface area (Å²) in [6.07, 6.45) is 11.5. The van der Waals surface area contributed by atoms with Gasteiger partial charge in [-0.3, -0.25) is 0 Å². The highest BCUT2D eigenvalue weighted by molar-refractivity contribution is 5.36. The molecule has 0 bridgehead atoms. The van der Waals surface area contributed by atoms with Crippen molar-refractivity contribution in [2.75, 3.05) is 0 Å². The van der Waals surface area contributed by atoms with Gasteiger partial charge >= 0.3 is 0 Å². The van der Waals surface area contributed by atoms with E-state index in [9.17, 15) is 0 Å². The van der Waals surface area contributed by atoms with Gasteiger partial charge in [0.1, 0.15) is 0 Å². The molecule has 5 rings (SSSR count). The Morgan fingerprint density at radius 2 is 0.782 bits per heavy atom. The third kappa shape index (κ3) is 17.2. The Balaban J connectivity index is 0.000000344. The minimum Gasteiger partial charge on any atom is -0.0617 e. The van der Waals surface area contributed by atoms with Crippen LogP contribution in [0.3, 0.4) is 0 Å². The van der Waals surface area contributed by atoms with Gasteiger partial charge in [0.25, 0.3) is 0 Å². The SMILES string of the molecule is CCc1cc(C)cc(CC)c1.CCc1ccc(C)c(CC)c1.CCc1ccc(C)cc1CC.CCc1cccc(C)c1CC.CCc1cccc(CC)c1C. The fourth-order valence-electron chi connectivity index (χ4n) is 7.21. The molecule has 0 radical (unpaired) electrons. The third-order valence-electron chi connectivity index (χ3n) is 10.9. The molecule has 0 spiro atoms. The standard InChI is InChI=1S/5C11H16/c1-4-10-6-9(3)7-11(5-2)8-10;1-4-10-7-6-9(3)11(5-2)8-10;1-4-10-7-6-9(3)8-11(10)5-2;1-4-10-7-6-8-11(5-2)9(10)3;1-4-10-8-6-7-9(3)11(10)5-2/h5*6-8H,4-5H2,1-3H3. The quantitative estimate of drug-likeness (QED) is 0.134. The van der Waals surface area contributed by atoms with Gasteiger partial charge in [0.2, 0.25) is 0 Å². The normalized spacial score (nSPS) is 10.1. The van der Waals surface area contributed by atoms with E-state index < -0.39 is 0 Å². The van der Waals surface area contributed by atoms with Crippen molar-refractivity contribution in [2.45, 2.75) is 168 Å². The Hall–Kier alpha value is -3.90. The van der Waals surface area contributed by atoms with Crippen molar-refractivity contribution in [3.63, 3.8) is 0 Å². The summed E-state index contributed by atoms with van der Waals surface area (Å²) in [7, 11) is 0. The molecule has 0 aliphatic rings. The Kier molecular flexibility index (Phi) is 24.7. The summed E-state index contributed by atoms with van der Waals surface area (Å²) in [5.41, 5.74) is 22.0. The second kappa shape index (κ2) is 27.6. The zero-order chi connectivity index (χ0) is 41.3. The molecule has 0 aromatic heterocycles. The molecule has 0 aliphatic carbocycles. The molecule has 0 aliphatic heterocycles. The van der Waals surface area contributed by atoms with Gasteiger partial charge in [-0.15, -0.1) is 0 Å². The van der Waals surface area contributed by atoms with Crippen molar-refractivity contribution in [1.82, 2.24) is 0 Å². The van der Waals surface area contributed by atoms with Gasteiger partial charge in [-0.05, 0) is 171 Å². The largest absolute Gasteiger partial charge is 0.0617 e. The molecule has 0 nitrogen and oxygen atoms in total. The molecule has 0 amide bonds. The van der Waals surface area contributed by atoms with Gasteiger partial charge < -0.3 is 0 Å². The number of hydrogen-bond donors (Lipinski definition) is 0. The molecule has 5 aromatic carbocycles. The zero-order valence-corrected chi connectivity index (χ0v) is 38.2. The molecule has 0 unspecified atom stereocenters. The maximum Gasteiger partial charge on any atom is -0.0302 e. The van der Waals surface area contributed by atoms with Gasteiger partial charge in [0.05, 0.1) is 0 Å². The molecule has 0 atom stereocenters. The summed E-state index contributed by atoms with van der Waals surface area (Å²) in [5, 5.41) is 0. The van der Waals surface area contributed by atoms with Crippen LogP contribution in [-0.4, -0.2) is 0 Å². The van der Waals surface area contributed by atoms with Crippen LogP contribution in [0.4, 0.5) is 0 Å². The van der Waals surface area contributed by atoms with Crippen molar-refractivity contribution >= 4 is 0 Å². The van der Waals surface area contributed by atoms with E-state index in [0.717, 1.165) is 64.2 Å². The maximum atomic E-state index is 2.31. The van der Waals surface area contributed by atoms with E-state index in [1.165, 1.54) is 83.5 Å². The van der Waals surface area contributed by atoms with E-state index in [4.69, 9.17) is 0 Å². The van der Waals surface area contributed by atoms with Gasteiger partial charge in [-0.1, -0.05) is 171 Å². The lowest BCUT2D eigenvalue weighted by Crippen LogP contribution is -1.93. The molecule has 0 N–H and O–H groups in total. The maximum absolute atomic E-state index is 2.31. The Labute approximate surface area is 341 Å². The average Bonchev–Trinajstić information content (AvgIpc) is 3.21. The molecule has 55 heavy (non-hydrogen) atoms. The highest BCUT2D eigenvalue weighted by atomic mass is 14.1. The minimum absolute atomic E-state index is 1.15. The Morgan fingerprint density at radius 1 is 0.291 bits per heavy atom. The molecule has 0 fully saturated rings. The average molecular weight is 741 g/mol. The van der Waals surface area contributed by atoms with Crippen molar-refractivity contribution < 1.29 is 0 Å². The van der Waals surface area contributed by atoms with Crippen LogP contribution in [0.2, 0.25) is 0 Å². The molecule has 5 aromatic rings. The van der Waals surface area contributed by atoms with E-state index in [2.05, 4.69) is 195 Å². The van der Waals surface area contributed by atoms with E-state index in [0.29, 0.717) is 0 Å². The van der Waals surface area contributed by atoms with Crippen LogP contribution in [0.1, 0.15) is 153 Å². The van der Waals surface area contributed by atoms with Crippen LogP contribution >= 0.6 is 0 Å². The number of rotatable bonds is 10. The summed E-state index contributed by atoms with van der Waals surface area (Å²) in [5.74, 6) is 0. The van der Waals surface area contributed by atoms with Crippen molar-refractivity contribution in [3.05, 3.63) is 174 Å². The predicted molar refractivity (Wildman–Crippen MR) is 250 cm³/mol. The van der Waals surface area contributed by atoms with Crippen LogP contribution in [0.25, 0.3) is 0 Å². The minimum atomic E-state index is 1.15. The van der Waals surface area contributed by atoms with Crippen LogP contribution in [0.5, 0.6) is 0 Å². The molecular formula is C55H80.